The molecule has 1 atom stereocenters. The molecular formula is C15H22BrN3O. The van der Waals surface area contributed by atoms with Gasteiger partial charge in [-0.15, -0.1) is 0 Å². The van der Waals surface area contributed by atoms with Gasteiger partial charge >= 0.3 is 0 Å². The molecular weight excluding hydrogens is 318 g/mol. The molecule has 0 aromatic heterocycles. The fraction of sp³-hybridized carbons (Fsp3) is 0.533. The molecule has 1 saturated heterocycles. The molecule has 0 unspecified atom stereocenters. The van der Waals surface area contributed by atoms with E-state index in [9.17, 15) is 4.79 Å². The minimum atomic E-state index is 0.0395. The number of amides is 1. The molecule has 0 bridgehead atoms. The van der Waals surface area contributed by atoms with E-state index in [-0.39, 0.29) is 11.9 Å². The standard InChI is InChI=1S/C15H22BrN3O/c1-11(17)13-4-5-15(14(16)10-13)19-7-3-6-18(8-9-19)12(2)20/h4-5,10-11H,3,6-9,17H2,1-2H3/t11-/m0/s1. The van der Waals surface area contributed by atoms with Crippen LogP contribution in [-0.2, 0) is 4.79 Å². The summed E-state index contributed by atoms with van der Waals surface area (Å²) in [6, 6.07) is 6.33. The number of rotatable bonds is 2. The van der Waals surface area contributed by atoms with Crippen LogP contribution in [0.25, 0.3) is 0 Å². The zero-order chi connectivity index (χ0) is 14.7. The van der Waals surface area contributed by atoms with Crippen LogP contribution in [0.3, 0.4) is 0 Å². The van der Waals surface area contributed by atoms with Crippen molar-refractivity contribution in [1.29, 1.82) is 0 Å². The van der Waals surface area contributed by atoms with Gasteiger partial charge in [-0.1, -0.05) is 6.07 Å². The van der Waals surface area contributed by atoms with Gasteiger partial charge in [0.15, 0.2) is 0 Å². The zero-order valence-corrected chi connectivity index (χ0v) is 13.7. The highest BCUT2D eigenvalue weighted by Crippen LogP contribution is 2.29. The molecule has 4 nitrogen and oxygen atoms in total. The van der Waals surface area contributed by atoms with Gasteiger partial charge in [0.2, 0.25) is 5.91 Å². The molecule has 2 rings (SSSR count). The second-order valence-electron chi connectivity index (χ2n) is 5.35. The van der Waals surface area contributed by atoms with E-state index in [1.165, 1.54) is 5.69 Å². The second-order valence-corrected chi connectivity index (χ2v) is 6.20. The molecule has 0 radical (unpaired) electrons. The molecule has 0 aliphatic carbocycles. The van der Waals surface area contributed by atoms with Crippen molar-refractivity contribution >= 4 is 27.5 Å². The Morgan fingerprint density at radius 3 is 2.65 bits per heavy atom. The first kappa shape index (κ1) is 15.3. The molecule has 110 valence electrons. The van der Waals surface area contributed by atoms with Gasteiger partial charge in [0.1, 0.15) is 0 Å². The highest BCUT2D eigenvalue weighted by Gasteiger charge is 2.18. The van der Waals surface area contributed by atoms with E-state index in [0.717, 1.165) is 42.6 Å². The van der Waals surface area contributed by atoms with Crippen molar-refractivity contribution in [1.82, 2.24) is 4.90 Å². The zero-order valence-electron chi connectivity index (χ0n) is 12.1. The number of hydrogen-bond acceptors (Lipinski definition) is 3. The van der Waals surface area contributed by atoms with E-state index in [0.29, 0.717) is 0 Å². The van der Waals surface area contributed by atoms with Crippen LogP contribution < -0.4 is 10.6 Å². The first-order valence-corrected chi connectivity index (χ1v) is 7.84. The minimum Gasteiger partial charge on any atom is -0.369 e. The van der Waals surface area contributed by atoms with Gasteiger partial charge < -0.3 is 15.5 Å². The number of carbonyl (C=O) groups is 1. The molecule has 0 saturated carbocycles. The number of hydrogen-bond donors (Lipinski definition) is 1. The van der Waals surface area contributed by atoms with Crippen molar-refractivity contribution in [3.8, 4) is 0 Å². The lowest BCUT2D eigenvalue weighted by molar-refractivity contribution is -0.128. The summed E-state index contributed by atoms with van der Waals surface area (Å²) in [7, 11) is 0. The van der Waals surface area contributed by atoms with Crippen molar-refractivity contribution in [2.75, 3.05) is 31.1 Å². The van der Waals surface area contributed by atoms with E-state index in [1.807, 2.05) is 11.8 Å². The van der Waals surface area contributed by atoms with E-state index in [1.54, 1.807) is 6.92 Å². The normalized spacial score (nSPS) is 17.8. The molecule has 1 aliphatic heterocycles. The fourth-order valence-corrected chi connectivity index (χ4v) is 3.18. The summed E-state index contributed by atoms with van der Waals surface area (Å²) in [5.41, 5.74) is 8.22. The maximum atomic E-state index is 11.5. The van der Waals surface area contributed by atoms with Crippen molar-refractivity contribution in [3.05, 3.63) is 28.2 Å². The molecule has 1 aromatic rings. The number of anilines is 1. The molecule has 5 heteroatoms. The molecule has 1 amide bonds. The predicted octanol–water partition coefficient (Wildman–Crippen LogP) is 2.53. The summed E-state index contributed by atoms with van der Waals surface area (Å²) in [5, 5.41) is 0. The summed E-state index contributed by atoms with van der Waals surface area (Å²) in [6.45, 7) is 7.11. The fourth-order valence-electron chi connectivity index (χ4n) is 2.54. The highest BCUT2D eigenvalue weighted by atomic mass is 79.9. The van der Waals surface area contributed by atoms with E-state index in [4.69, 9.17) is 5.73 Å². The smallest absolute Gasteiger partial charge is 0.219 e. The minimum absolute atomic E-state index is 0.0395. The van der Waals surface area contributed by atoms with Crippen LogP contribution in [-0.4, -0.2) is 37.0 Å². The largest absolute Gasteiger partial charge is 0.369 e. The van der Waals surface area contributed by atoms with Gasteiger partial charge in [0.05, 0.1) is 5.69 Å². The van der Waals surface area contributed by atoms with Gasteiger partial charge in [-0.3, -0.25) is 4.79 Å². The quantitative estimate of drug-likeness (QED) is 0.900. The van der Waals surface area contributed by atoms with E-state index in [2.05, 4.69) is 39.0 Å². The van der Waals surface area contributed by atoms with Crippen molar-refractivity contribution < 1.29 is 4.79 Å². The Labute approximate surface area is 129 Å². The first-order chi connectivity index (χ1) is 9.49. The third-order valence-electron chi connectivity index (χ3n) is 3.78. The maximum Gasteiger partial charge on any atom is 0.219 e. The van der Waals surface area contributed by atoms with Gasteiger partial charge in [-0.05, 0) is 47.0 Å². The van der Waals surface area contributed by atoms with Crippen LogP contribution in [0, 0.1) is 0 Å². The highest BCUT2D eigenvalue weighted by molar-refractivity contribution is 9.10. The third kappa shape index (κ3) is 3.52. The predicted molar refractivity (Wildman–Crippen MR) is 85.8 cm³/mol. The van der Waals surface area contributed by atoms with Crippen molar-refractivity contribution in [2.45, 2.75) is 26.3 Å². The molecule has 1 aliphatic rings. The summed E-state index contributed by atoms with van der Waals surface area (Å²) in [5.74, 6) is 0.165. The third-order valence-corrected chi connectivity index (χ3v) is 4.41. The summed E-state index contributed by atoms with van der Waals surface area (Å²) >= 11 is 3.64. The number of benzene rings is 1. The van der Waals surface area contributed by atoms with Gasteiger partial charge in [0.25, 0.3) is 0 Å². The molecule has 0 spiro atoms. The van der Waals surface area contributed by atoms with Gasteiger partial charge in [0, 0.05) is 43.6 Å². The van der Waals surface area contributed by atoms with Gasteiger partial charge in [-0.25, -0.2) is 0 Å². The second kappa shape index (κ2) is 6.59. The SMILES string of the molecule is CC(=O)N1CCCN(c2ccc([C@H](C)N)cc2Br)CC1. The Morgan fingerprint density at radius 2 is 2.05 bits per heavy atom. The number of nitrogens with zero attached hydrogens (tertiary/aromatic N) is 2. The van der Waals surface area contributed by atoms with Crippen molar-refractivity contribution in [3.63, 3.8) is 0 Å². The van der Waals surface area contributed by atoms with E-state index >= 15 is 0 Å². The molecule has 1 heterocycles. The molecule has 1 fully saturated rings. The summed E-state index contributed by atoms with van der Waals surface area (Å²) in [6.07, 6.45) is 1.00. The lowest BCUT2D eigenvalue weighted by Crippen LogP contribution is -2.33. The van der Waals surface area contributed by atoms with E-state index < -0.39 is 0 Å². The van der Waals surface area contributed by atoms with Crippen LogP contribution in [0.4, 0.5) is 5.69 Å². The van der Waals surface area contributed by atoms with Crippen LogP contribution in [0.5, 0.6) is 0 Å². The number of nitrogens with two attached hydrogens (primary N) is 1. The lowest BCUT2D eigenvalue weighted by atomic mass is 10.1. The number of halogens is 1. The molecule has 20 heavy (non-hydrogen) atoms. The van der Waals surface area contributed by atoms with Crippen LogP contribution in [0.2, 0.25) is 0 Å². The Balaban J connectivity index is 2.13. The number of carbonyl (C=O) groups excluding carboxylic acids is 1. The Bertz CT molecular complexity index is 490. The lowest BCUT2D eigenvalue weighted by Gasteiger charge is -2.25. The average molecular weight is 340 g/mol. The first-order valence-electron chi connectivity index (χ1n) is 7.04. The molecule has 2 N–H and O–H groups in total. The molecule has 1 aromatic carbocycles. The Kier molecular flexibility index (Phi) is 5.05. The summed E-state index contributed by atoms with van der Waals surface area (Å²) < 4.78 is 1.07. The monoisotopic (exact) mass is 339 g/mol. The Hall–Kier alpha value is -1.07. The Morgan fingerprint density at radius 1 is 1.30 bits per heavy atom. The van der Waals surface area contributed by atoms with Crippen LogP contribution >= 0.6 is 15.9 Å². The van der Waals surface area contributed by atoms with Crippen LogP contribution in [0.1, 0.15) is 31.9 Å². The van der Waals surface area contributed by atoms with Crippen molar-refractivity contribution in [2.24, 2.45) is 5.73 Å². The van der Waals surface area contributed by atoms with Crippen LogP contribution in [0.15, 0.2) is 22.7 Å². The summed E-state index contributed by atoms with van der Waals surface area (Å²) in [4.78, 5) is 15.7. The topological polar surface area (TPSA) is 49.6 Å². The van der Waals surface area contributed by atoms with Gasteiger partial charge in [-0.2, -0.15) is 0 Å². The maximum absolute atomic E-state index is 11.5. The average Bonchev–Trinajstić information content (AvgIpc) is 2.64.